The molecule has 2 aliphatic rings. The summed E-state index contributed by atoms with van der Waals surface area (Å²) < 4.78 is 0. The van der Waals surface area contributed by atoms with E-state index >= 15 is 0 Å². The van der Waals surface area contributed by atoms with Crippen LogP contribution in [0.15, 0.2) is 30.5 Å². The molecule has 4 rings (SSSR count). The molecule has 1 aliphatic heterocycles. The van der Waals surface area contributed by atoms with Crippen LogP contribution in [0.25, 0.3) is 10.9 Å². The highest BCUT2D eigenvalue weighted by molar-refractivity contribution is 6.14. The summed E-state index contributed by atoms with van der Waals surface area (Å²) in [5.74, 6) is -0.398. The van der Waals surface area contributed by atoms with Crippen molar-refractivity contribution >= 4 is 28.6 Å². The molecule has 1 saturated heterocycles. The molecule has 2 fully saturated rings. The van der Waals surface area contributed by atoms with E-state index in [-0.39, 0.29) is 24.2 Å². The average molecular weight is 339 g/mol. The van der Waals surface area contributed by atoms with Crippen molar-refractivity contribution in [2.24, 2.45) is 5.92 Å². The normalized spacial score (nSPS) is 26.4. The molecular weight excluding hydrogens is 318 g/mol. The number of fused-ring (bicyclic) bond motifs is 1. The van der Waals surface area contributed by atoms with Gasteiger partial charge in [-0.3, -0.25) is 14.5 Å². The van der Waals surface area contributed by atoms with E-state index in [1.54, 1.807) is 6.20 Å². The smallest absolute Gasteiger partial charge is 0.325 e. The van der Waals surface area contributed by atoms with E-state index in [1.807, 2.05) is 31.2 Å². The Morgan fingerprint density at radius 1 is 1.28 bits per heavy atom. The number of nitrogens with one attached hydrogen (secondary N) is 2. The van der Waals surface area contributed by atoms with Crippen LogP contribution in [0.1, 0.15) is 43.0 Å². The highest BCUT2D eigenvalue weighted by Crippen LogP contribution is 2.38. The molecular formula is C19H21N3O3. The first kappa shape index (κ1) is 15.9. The molecule has 1 aliphatic carbocycles. The fourth-order valence-electron chi connectivity index (χ4n) is 4.17. The number of urea groups is 1. The number of aromatic amines is 1. The van der Waals surface area contributed by atoms with Gasteiger partial charge in [0, 0.05) is 22.7 Å². The number of hydrogen-bond acceptors (Lipinski definition) is 3. The Labute approximate surface area is 145 Å². The van der Waals surface area contributed by atoms with Gasteiger partial charge in [0.25, 0.3) is 5.91 Å². The molecule has 6 heteroatoms. The molecule has 6 nitrogen and oxygen atoms in total. The summed E-state index contributed by atoms with van der Waals surface area (Å²) in [5.41, 5.74) is 0.546. The van der Waals surface area contributed by atoms with E-state index in [4.69, 9.17) is 0 Å². The zero-order valence-electron chi connectivity index (χ0n) is 14.2. The van der Waals surface area contributed by atoms with Gasteiger partial charge in [-0.05, 0) is 24.8 Å². The third-order valence-corrected chi connectivity index (χ3v) is 5.69. The standard InChI is InChI=1S/C19H21N3O3/c1-12-6-4-5-9-19(12)17(24)22(18(25)21-19)11-16(23)14-10-20-15-8-3-2-7-13(14)15/h2-3,7-8,10,12,20H,4-6,9,11H2,1H3,(H,21,25)/t12-,19-/m0/s1. The average Bonchev–Trinajstić information content (AvgIpc) is 3.13. The van der Waals surface area contributed by atoms with E-state index in [9.17, 15) is 14.4 Å². The minimum absolute atomic E-state index is 0.0888. The summed E-state index contributed by atoms with van der Waals surface area (Å²) in [7, 11) is 0. The highest BCUT2D eigenvalue weighted by atomic mass is 16.2. The number of carbonyl (C=O) groups excluding carboxylic acids is 3. The summed E-state index contributed by atoms with van der Waals surface area (Å²) in [6.07, 6.45) is 5.19. The topological polar surface area (TPSA) is 82.3 Å². The monoisotopic (exact) mass is 339 g/mol. The van der Waals surface area contributed by atoms with Crippen LogP contribution in [-0.2, 0) is 4.79 Å². The molecule has 1 aromatic heterocycles. The van der Waals surface area contributed by atoms with Gasteiger partial charge in [-0.2, -0.15) is 0 Å². The minimum atomic E-state index is -0.824. The Morgan fingerprint density at radius 3 is 2.88 bits per heavy atom. The fraction of sp³-hybridized carbons (Fsp3) is 0.421. The second-order valence-corrected chi connectivity index (χ2v) is 7.11. The summed E-state index contributed by atoms with van der Waals surface area (Å²) in [4.78, 5) is 42.2. The van der Waals surface area contributed by atoms with Gasteiger partial charge < -0.3 is 10.3 Å². The number of nitrogens with zero attached hydrogens (tertiary/aromatic N) is 1. The van der Waals surface area contributed by atoms with Gasteiger partial charge in [-0.1, -0.05) is 38.0 Å². The number of rotatable bonds is 3. The molecule has 130 valence electrons. The summed E-state index contributed by atoms with van der Waals surface area (Å²) in [6, 6.07) is 7.04. The minimum Gasteiger partial charge on any atom is -0.360 e. The quantitative estimate of drug-likeness (QED) is 0.666. The number of imide groups is 1. The number of amides is 3. The number of ketones is 1. The molecule has 0 radical (unpaired) electrons. The largest absolute Gasteiger partial charge is 0.360 e. The molecule has 2 atom stereocenters. The lowest BCUT2D eigenvalue weighted by molar-refractivity contribution is -0.133. The third kappa shape index (κ3) is 2.35. The van der Waals surface area contributed by atoms with Crippen LogP contribution in [0.5, 0.6) is 0 Å². The lowest BCUT2D eigenvalue weighted by atomic mass is 9.73. The lowest BCUT2D eigenvalue weighted by Crippen LogP contribution is -2.54. The Bertz CT molecular complexity index is 872. The van der Waals surface area contributed by atoms with Crippen molar-refractivity contribution in [3.8, 4) is 0 Å². The maximum Gasteiger partial charge on any atom is 0.325 e. The third-order valence-electron chi connectivity index (χ3n) is 5.69. The number of benzene rings is 1. The summed E-state index contributed by atoms with van der Waals surface area (Å²) in [5, 5.41) is 3.69. The van der Waals surface area contributed by atoms with E-state index in [2.05, 4.69) is 10.3 Å². The van der Waals surface area contributed by atoms with Crippen LogP contribution < -0.4 is 5.32 Å². The zero-order valence-corrected chi connectivity index (χ0v) is 14.2. The molecule has 3 amide bonds. The molecule has 25 heavy (non-hydrogen) atoms. The molecule has 1 aromatic carbocycles. The van der Waals surface area contributed by atoms with Gasteiger partial charge in [0.2, 0.25) is 0 Å². The first-order valence-electron chi connectivity index (χ1n) is 8.76. The number of para-hydroxylation sites is 1. The molecule has 2 N–H and O–H groups in total. The first-order valence-corrected chi connectivity index (χ1v) is 8.76. The Hall–Kier alpha value is -2.63. The Morgan fingerprint density at radius 2 is 2.08 bits per heavy atom. The Balaban J connectivity index is 1.59. The second-order valence-electron chi connectivity index (χ2n) is 7.11. The van der Waals surface area contributed by atoms with Crippen LogP contribution >= 0.6 is 0 Å². The highest BCUT2D eigenvalue weighted by Gasteiger charge is 2.55. The molecule has 0 bridgehead atoms. The summed E-state index contributed by atoms with van der Waals surface area (Å²) >= 11 is 0. The first-order chi connectivity index (χ1) is 12.0. The van der Waals surface area contributed by atoms with Gasteiger partial charge in [0.15, 0.2) is 5.78 Å². The van der Waals surface area contributed by atoms with Gasteiger partial charge in [0.1, 0.15) is 5.54 Å². The summed E-state index contributed by atoms with van der Waals surface area (Å²) in [6.45, 7) is 1.78. The van der Waals surface area contributed by atoms with Crippen molar-refractivity contribution in [1.82, 2.24) is 15.2 Å². The zero-order chi connectivity index (χ0) is 17.6. The van der Waals surface area contributed by atoms with E-state index < -0.39 is 11.6 Å². The molecule has 1 spiro atoms. The van der Waals surface area contributed by atoms with Gasteiger partial charge >= 0.3 is 6.03 Å². The maximum absolute atomic E-state index is 13.0. The van der Waals surface area contributed by atoms with E-state index in [0.717, 1.165) is 35.1 Å². The molecule has 2 aromatic rings. The van der Waals surface area contributed by atoms with Crippen molar-refractivity contribution in [3.63, 3.8) is 0 Å². The van der Waals surface area contributed by atoms with Crippen molar-refractivity contribution in [3.05, 3.63) is 36.0 Å². The maximum atomic E-state index is 13.0. The van der Waals surface area contributed by atoms with Gasteiger partial charge in [-0.15, -0.1) is 0 Å². The molecule has 2 heterocycles. The van der Waals surface area contributed by atoms with Crippen LogP contribution in [-0.4, -0.2) is 39.7 Å². The van der Waals surface area contributed by atoms with Crippen molar-refractivity contribution in [2.75, 3.05) is 6.54 Å². The number of H-pyrrole nitrogens is 1. The van der Waals surface area contributed by atoms with Crippen LogP contribution in [0, 0.1) is 5.92 Å². The fourth-order valence-corrected chi connectivity index (χ4v) is 4.17. The molecule has 1 saturated carbocycles. The number of aromatic nitrogens is 1. The van der Waals surface area contributed by atoms with E-state index in [1.165, 1.54) is 0 Å². The van der Waals surface area contributed by atoms with Crippen LogP contribution in [0.4, 0.5) is 4.79 Å². The van der Waals surface area contributed by atoms with Gasteiger partial charge in [0.05, 0.1) is 6.54 Å². The van der Waals surface area contributed by atoms with Crippen molar-refractivity contribution in [1.29, 1.82) is 0 Å². The van der Waals surface area contributed by atoms with Crippen molar-refractivity contribution in [2.45, 2.75) is 38.1 Å². The molecule has 0 unspecified atom stereocenters. The lowest BCUT2D eigenvalue weighted by Gasteiger charge is -2.36. The van der Waals surface area contributed by atoms with Crippen LogP contribution in [0.3, 0.4) is 0 Å². The van der Waals surface area contributed by atoms with Crippen molar-refractivity contribution < 1.29 is 14.4 Å². The predicted molar refractivity (Wildman–Crippen MR) is 93.2 cm³/mol. The van der Waals surface area contributed by atoms with E-state index in [0.29, 0.717) is 12.0 Å². The number of carbonyl (C=O) groups is 3. The number of Topliss-reactive ketones (excluding diaryl/α,β-unsaturated/α-hetero) is 1. The SMILES string of the molecule is C[C@H]1CCCC[C@]12NC(=O)N(CC(=O)c1c[nH]c3ccccc13)C2=O. The predicted octanol–water partition coefficient (Wildman–Crippen LogP) is 2.85. The Kier molecular flexibility index (Phi) is 3.63. The van der Waals surface area contributed by atoms with Gasteiger partial charge in [-0.25, -0.2) is 4.79 Å². The second kappa shape index (κ2) is 5.72. The number of hydrogen-bond donors (Lipinski definition) is 2. The van der Waals surface area contributed by atoms with Crippen LogP contribution in [0.2, 0.25) is 0 Å².